The smallest absolute Gasteiger partial charge is 0.150 e. The number of carbonyl (C=O) groups is 1. The number of alkyl halides is 1. The Kier molecular flexibility index (Phi) is 3.99. The van der Waals surface area contributed by atoms with Gasteiger partial charge >= 0.3 is 0 Å². The zero-order chi connectivity index (χ0) is 11.4. The lowest BCUT2D eigenvalue weighted by Gasteiger charge is -2.24. The molecule has 0 aromatic heterocycles. The summed E-state index contributed by atoms with van der Waals surface area (Å²) in [6.45, 7) is 0. The van der Waals surface area contributed by atoms with Gasteiger partial charge in [-0.25, -0.2) is 4.39 Å². The summed E-state index contributed by atoms with van der Waals surface area (Å²) in [7, 11) is 0. The molecule has 2 rings (SSSR count). The monoisotopic (exact) mass is 238 g/mol. The Morgan fingerprint density at radius 3 is 3.06 bits per heavy atom. The molecular formula is C13H15FOS. The van der Waals surface area contributed by atoms with Crippen LogP contribution in [0.5, 0.6) is 0 Å². The molecule has 86 valence electrons. The van der Waals surface area contributed by atoms with Crippen molar-refractivity contribution in [2.45, 2.75) is 19.0 Å². The summed E-state index contributed by atoms with van der Waals surface area (Å²) in [5.74, 6) is 2.16. The van der Waals surface area contributed by atoms with Crippen LogP contribution in [0.4, 0.5) is 4.39 Å². The molecule has 0 N–H and O–H groups in total. The van der Waals surface area contributed by atoms with Gasteiger partial charge in [0.1, 0.15) is 12.5 Å². The average Bonchev–Trinajstić information content (AvgIpc) is 2.39. The highest BCUT2D eigenvalue weighted by Crippen LogP contribution is 2.35. The van der Waals surface area contributed by atoms with Gasteiger partial charge in [0.05, 0.1) is 0 Å². The standard InChI is InChI=1S/C13H15FOS/c14-13(12-5-2-6-16-9-12)11-4-1-3-10(7-11)8-15/h1,3-4,7-8,12-13H,2,5-6,9H2. The summed E-state index contributed by atoms with van der Waals surface area (Å²) in [4.78, 5) is 10.6. The summed E-state index contributed by atoms with van der Waals surface area (Å²) in [6.07, 6.45) is 1.90. The van der Waals surface area contributed by atoms with Crippen molar-refractivity contribution in [1.82, 2.24) is 0 Å². The van der Waals surface area contributed by atoms with Crippen LogP contribution in [0.2, 0.25) is 0 Å². The largest absolute Gasteiger partial charge is 0.298 e. The quantitative estimate of drug-likeness (QED) is 0.748. The molecule has 1 nitrogen and oxygen atoms in total. The second-order valence-corrected chi connectivity index (χ2v) is 5.32. The summed E-state index contributed by atoms with van der Waals surface area (Å²) in [6, 6.07) is 6.90. The van der Waals surface area contributed by atoms with Crippen LogP contribution in [0.3, 0.4) is 0 Å². The molecule has 0 spiro atoms. The van der Waals surface area contributed by atoms with Crippen molar-refractivity contribution >= 4 is 18.0 Å². The summed E-state index contributed by atoms with van der Waals surface area (Å²) in [5.41, 5.74) is 1.21. The van der Waals surface area contributed by atoms with Crippen LogP contribution >= 0.6 is 11.8 Å². The number of halogens is 1. The molecule has 0 amide bonds. The SMILES string of the molecule is O=Cc1cccc(C(F)C2CCCSC2)c1. The van der Waals surface area contributed by atoms with E-state index >= 15 is 0 Å². The number of aldehydes is 1. The lowest BCUT2D eigenvalue weighted by molar-refractivity contribution is 0.112. The Labute approximate surface area is 99.4 Å². The lowest BCUT2D eigenvalue weighted by atomic mass is 9.93. The van der Waals surface area contributed by atoms with Crippen molar-refractivity contribution in [1.29, 1.82) is 0 Å². The zero-order valence-corrected chi connectivity index (χ0v) is 9.88. The molecular weight excluding hydrogens is 223 g/mol. The predicted octanol–water partition coefficient (Wildman–Crippen LogP) is 3.65. The Morgan fingerprint density at radius 2 is 2.38 bits per heavy atom. The fourth-order valence-electron chi connectivity index (χ4n) is 2.07. The minimum Gasteiger partial charge on any atom is -0.298 e. The van der Waals surface area contributed by atoms with Crippen molar-refractivity contribution in [3.63, 3.8) is 0 Å². The van der Waals surface area contributed by atoms with Gasteiger partial charge < -0.3 is 0 Å². The highest BCUT2D eigenvalue weighted by atomic mass is 32.2. The molecule has 1 heterocycles. The second-order valence-electron chi connectivity index (χ2n) is 4.17. The molecule has 0 aliphatic carbocycles. The van der Waals surface area contributed by atoms with E-state index in [1.54, 1.807) is 24.3 Å². The number of rotatable bonds is 3. The lowest BCUT2D eigenvalue weighted by Crippen LogP contribution is -2.16. The normalized spacial score (nSPS) is 22.7. The molecule has 2 unspecified atom stereocenters. The van der Waals surface area contributed by atoms with E-state index in [4.69, 9.17) is 0 Å². The van der Waals surface area contributed by atoms with Crippen molar-refractivity contribution in [2.75, 3.05) is 11.5 Å². The first kappa shape index (κ1) is 11.6. The first-order chi connectivity index (χ1) is 7.81. The van der Waals surface area contributed by atoms with Crippen molar-refractivity contribution < 1.29 is 9.18 Å². The van der Waals surface area contributed by atoms with Crippen LogP contribution in [-0.4, -0.2) is 17.8 Å². The van der Waals surface area contributed by atoms with E-state index in [1.165, 1.54) is 0 Å². The maximum Gasteiger partial charge on any atom is 0.150 e. The van der Waals surface area contributed by atoms with Gasteiger partial charge in [-0.05, 0) is 36.0 Å². The van der Waals surface area contributed by atoms with Gasteiger partial charge in [0.25, 0.3) is 0 Å². The van der Waals surface area contributed by atoms with Crippen LogP contribution in [0.1, 0.15) is 34.9 Å². The third kappa shape index (κ3) is 2.64. The molecule has 3 heteroatoms. The Morgan fingerprint density at radius 1 is 1.50 bits per heavy atom. The van der Waals surface area contributed by atoms with Crippen molar-refractivity contribution in [2.24, 2.45) is 5.92 Å². The van der Waals surface area contributed by atoms with Gasteiger partial charge in [0.15, 0.2) is 0 Å². The molecule has 2 atom stereocenters. The van der Waals surface area contributed by atoms with E-state index in [0.717, 1.165) is 30.6 Å². The first-order valence-electron chi connectivity index (χ1n) is 5.58. The summed E-state index contributed by atoms with van der Waals surface area (Å²) < 4.78 is 14.2. The summed E-state index contributed by atoms with van der Waals surface area (Å²) in [5, 5.41) is 0. The number of hydrogen-bond acceptors (Lipinski definition) is 2. The van der Waals surface area contributed by atoms with Crippen molar-refractivity contribution in [3.8, 4) is 0 Å². The molecule has 1 aromatic carbocycles. The van der Waals surface area contributed by atoms with E-state index < -0.39 is 6.17 Å². The van der Waals surface area contributed by atoms with Crippen LogP contribution in [0.25, 0.3) is 0 Å². The maximum absolute atomic E-state index is 14.2. The van der Waals surface area contributed by atoms with Crippen LogP contribution in [-0.2, 0) is 0 Å². The molecule has 1 saturated heterocycles. The molecule has 0 saturated carbocycles. The predicted molar refractivity (Wildman–Crippen MR) is 65.7 cm³/mol. The Balaban J connectivity index is 2.12. The molecule has 0 radical (unpaired) electrons. The molecule has 1 aliphatic rings. The number of hydrogen-bond donors (Lipinski definition) is 0. The van der Waals surface area contributed by atoms with Crippen molar-refractivity contribution in [3.05, 3.63) is 35.4 Å². The minimum atomic E-state index is -0.923. The molecule has 0 bridgehead atoms. The Hall–Kier alpha value is -0.830. The zero-order valence-electron chi connectivity index (χ0n) is 9.06. The third-order valence-electron chi connectivity index (χ3n) is 2.97. The highest BCUT2D eigenvalue weighted by molar-refractivity contribution is 7.99. The topological polar surface area (TPSA) is 17.1 Å². The number of carbonyl (C=O) groups excluding carboxylic acids is 1. The van der Waals surface area contributed by atoms with Gasteiger partial charge in [-0.2, -0.15) is 11.8 Å². The fourth-order valence-corrected chi connectivity index (χ4v) is 3.25. The van der Waals surface area contributed by atoms with E-state index in [0.29, 0.717) is 11.1 Å². The Bertz CT molecular complexity index is 361. The third-order valence-corrected chi connectivity index (χ3v) is 4.22. The van der Waals surface area contributed by atoms with Gasteiger partial charge in [-0.3, -0.25) is 4.79 Å². The van der Waals surface area contributed by atoms with E-state index in [9.17, 15) is 9.18 Å². The molecule has 1 fully saturated rings. The van der Waals surface area contributed by atoms with Crippen LogP contribution < -0.4 is 0 Å². The van der Waals surface area contributed by atoms with E-state index in [2.05, 4.69) is 0 Å². The van der Waals surface area contributed by atoms with Gasteiger partial charge in [-0.15, -0.1) is 0 Å². The maximum atomic E-state index is 14.2. The van der Waals surface area contributed by atoms with Gasteiger partial charge in [0.2, 0.25) is 0 Å². The van der Waals surface area contributed by atoms with E-state index in [-0.39, 0.29) is 5.92 Å². The molecule has 1 aliphatic heterocycles. The van der Waals surface area contributed by atoms with Crippen LogP contribution in [0.15, 0.2) is 24.3 Å². The average molecular weight is 238 g/mol. The number of thioether (sulfide) groups is 1. The fraction of sp³-hybridized carbons (Fsp3) is 0.462. The van der Waals surface area contributed by atoms with Crippen LogP contribution in [0, 0.1) is 5.92 Å². The molecule has 1 aromatic rings. The summed E-state index contributed by atoms with van der Waals surface area (Å²) >= 11 is 1.83. The van der Waals surface area contributed by atoms with Gasteiger partial charge in [-0.1, -0.05) is 18.2 Å². The van der Waals surface area contributed by atoms with E-state index in [1.807, 2.05) is 11.8 Å². The molecule has 16 heavy (non-hydrogen) atoms. The minimum absolute atomic E-state index is 0.112. The second kappa shape index (κ2) is 5.48. The van der Waals surface area contributed by atoms with Gasteiger partial charge in [0, 0.05) is 11.5 Å². The highest BCUT2D eigenvalue weighted by Gasteiger charge is 2.25. The first-order valence-corrected chi connectivity index (χ1v) is 6.73. The number of benzene rings is 1.